The van der Waals surface area contributed by atoms with Crippen LogP contribution in [0.15, 0.2) is 30.3 Å². The van der Waals surface area contributed by atoms with E-state index in [0.29, 0.717) is 6.42 Å². The lowest BCUT2D eigenvalue weighted by molar-refractivity contribution is -0.132. The first kappa shape index (κ1) is 16.3. The van der Waals surface area contributed by atoms with E-state index in [4.69, 9.17) is 0 Å². The maximum Gasteiger partial charge on any atom is 0.315 e. The minimum Gasteiger partial charge on any atom is -0.341 e. The molecule has 1 aliphatic rings. The van der Waals surface area contributed by atoms with E-state index in [0.717, 1.165) is 31.5 Å². The predicted molar refractivity (Wildman–Crippen MR) is 86.6 cm³/mol. The molecule has 1 unspecified atom stereocenters. The number of amides is 3. The largest absolute Gasteiger partial charge is 0.341 e. The first-order valence-electron chi connectivity index (χ1n) is 7.96. The van der Waals surface area contributed by atoms with Gasteiger partial charge in [0.1, 0.15) is 6.04 Å². The number of benzene rings is 1. The van der Waals surface area contributed by atoms with E-state index in [-0.39, 0.29) is 18.0 Å². The molecule has 1 saturated heterocycles. The Labute approximate surface area is 132 Å². The molecule has 1 aromatic carbocycles. The van der Waals surface area contributed by atoms with Crippen LogP contribution in [-0.2, 0) is 11.2 Å². The van der Waals surface area contributed by atoms with Crippen molar-refractivity contribution in [1.29, 1.82) is 0 Å². The third-order valence-electron chi connectivity index (χ3n) is 3.72. The molecule has 0 bridgehead atoms. The van der Waals surface area contributed by atoms with E-state index in [1.807, 2.05) is 49.1 Å². The van der Waals surface area contributed by atoms with Crippen LogP contribution in [0.25, 0.3) is 0 Å². The zero-order chi connectivity index (χ0) is 15.9. The van der Waals surface area contributed by atoms with Gasteiger partial charge in [-0.15, -0.1) is 0 Å². The average molecular weight is 303 g/mol. The fourth-order valence-electron chi connectivity index (χ4n) is 2.67. The lowest BCUT2D eigenvalue weighted by atomic mass is 10.0. The van der Waals surface area contributed by atoms with Gasteiger partial charge in [-0.3, -0.25) is 4.79 Å². The van der Waals surface area contributed by atoms with Crippen LogP contribution in [0, 0.1) is 0 Å². The van der Waals surface area contributed by atoms with Gasteiger partial charge in [-0.2, -0.15) is 0 Å². The third-order valence-corrected chi connectivity index (χ3v) is 3.72. The number of hydrogen-bond donors (Lipinski definition) is 2. The van der Waals surface area contributed by atoms with Gasteiger partial charge < -0.3 is 15.5 Å². The number of likely N-dealkylation sites (tertiary alicyclic amines) is 1. The van der Waals surface area contributed by atoms with Crippen LogP contribution in [0.5, 0.6) is 0 Å². The van der Waals surface area contributed by atoms with E-state index >= 15 is 0 Å². The third kappa shape index (κ3) is 4.76. The average Bonchev–Trinajstić information content (AvgIpc) is 3.00. The Morgan fingerprint density at radius 1 is 1.09 bits per heavy atom. The molecule has 1 fully saturated rings. The minimum absolute atomic E-state index is 0.0141. The van der Waals surface area contributed by atoms with Gasteiger partial charge in [0.05, 0.1) is 0 Å². The Hall–Kier alpha value is -2.04. The van der Waals surface area contributed by atoms with Gasteiger partial charge in [0.25, 0.3) is 0 Å². The van der Waals surface area contributed by atoms with Crippen molar-refractivity contribution in [3.05, 3.63) is 35.9 Å². The summed E-state index contributed by atoms with van der Waals surface area (Å²) in [7, 11) is 0. The van der Waals surface area contributed by atoms with Crippen LogP contribution in [-0.4, -0.2) is 42.0 Å². The van der Waals surface area contributed by atoms with Crippen molar-refractivity contribution in [2.24, 2.45) is 0 Å². The number of hydrogen-bond acceptors (Lipinski definition) is 2. The molecule has 2 rings (SSSR count). The minimum atomic E-state index is -0.515. The second-order valence-electron chi connectivity index (χ2n) is 6.05. The smallest absolute Gasteiger partial charge is 0.315 e. The zero-order valence-electron chi connectivity index (χ0n) is 13.3. The van der Waals surface area contributed by atoms with Crippen molar-refractivity contribution in [2.75, 3.05) is 13.1 Å². The molecule has 0 radical (unpaired) electrons. The van der Waals surface area contributed by atoms with Crippen LogP contribution in [0.2, 0.25) is 0 Å². The molecule has 120 valence electrons. The molecule has 0 spiro atoms. The quantitative estimate of drug-likeness (QED) is 0.873. The number of carbonyl (C=O) groups is 2. The SMILES string of the molecule is CC(C)NC(=O)NC(Cc1ccccc1)C(=O)N1CCCC1. The first-order chi connectivity index (χ1) is 10.6. The van der Waals surface area contributed by atoms with Gasteiger partial charge in [0, 0.05) is 25.6 Å². The van der Waals surface area contributed by atoms with Crippen LogP contribution in [0.1, 0.15) is 32.3 Å². The summed E-state index contributed by atoms with van der Waals surface area (Å²) in [5, 5.41) is 5.62. The molecule has 1 heterocycles. The molecule has 2 N–H and O–H groups in total. The number of nitrogens with one attached hydrogen (secondary N) is 2. The van der Waals surface area contributed by atoms with Crippen LogP contribution < -0.4 is 10.6 Å². The summed E-state index contributed by atoms with van der Waals surface area (Å²) in [5.41, 5.74) is 1.05. The van der Waals surface area contributed by atoms with Gasteiger partial charge in [-0.25, -0.2) is 4.79 Å². The van der Waals surface area contributed by atoms with Crippen molar-refractivity contribution in [3.8, 4) is 0 Å². The molecule has 22 heavy (non-hydrogen) atoms. The van der Waals surface area contributed by atoms with E-state index in [2.05, 4.69) is 10.6 Å². The Balaban J connectivity index is 2.05. The Morgan fingerprint density at radius 2 is 1.73 bits per heavy atom. The number of carbonyl (C=O) groups excluding carboxylic acids is 2. The zero-order valence-corrected chi connectivity index (χ0v) is 13.3. The second-order valence-corrected chi connectivity index (χ2v) is 6.05. The molecular weight excluding hydrogens is 278 g/mol. The van der Waals surface area contributed by atoms with Gasteiger partial charge in [0.2, 0.25) is 5.91 Å². The standard InChI is InChI=1S/C17H25N3O2/c1-13(2)18-17(22)19-15(12-14-8-4-3-5-9-14)16(21)20-10-6-7-11-20/h3-5,8-9,13,15H,6-7,10-12H2,1-2H3,(H2,18,19,22). The summed E-state index contributed by atoms with van der Waals surface area (Å²) in [5.74, 6) is 0.0141. The molecule has 1 aliphatic heterocycles. The van der Waals surface area contributed by atoms with Crippen LogP contribution in [0.4, 0.5) is 4.79 Å². The van der Waals surface area contributed by atoms with Crippen molar-refractivity contribution in [2.45, 2.75) is 45.2 Å². The highest BCUT2D eigenvalue weighted by atomic mass is 16.2. The first-order valence-corrected chi connectivity index (χ1v) is 7.96. The van der Waals surface area contributed by atoms with Crippen molar-refractivity contribution >= 4 is 11.9 Å². The van der Waals surface area contributed by atoms with E-state index in [1.165, 1.54) is 0 Å². The lowest BCUT2D eigenvalue weighted by Gasteiger charge is -2.24. The molecular formula is C17H25N3O2. The van der Waals surface area contributed by atoms with Gasteiger partial charge in [0.15, 0.2) is 0 Å². The highest BCUT2D eigenvalue weighted by Crippen LogP contribution is 2.12. The Bertz CT molecular complexity index is 496. The number of urea groups is 1. The summed E-state index contributed by atoms with van der Waals surface area (Å²) >= 11 is 0. The number of rotatable bonds is 5. The van der Waals surface area contributed by atoms with E-state index in [9.17, 15) is 9.59 Å². The molecule has 0 saturated carbocycles. The van der Waals surface area contributed by atoms with E-state index in [1.54, 1.807) is 0 Å². The highest BCUT2D eigenvalue weighted by Gasteiger charge is 2.28. The topological polar surface area (TPSA) is 61.4 Å². The molecule has 3 amide bonds. The van der Waals surface area contributed by atoms with E-state index < -0.39 is 6.04 Å². The van der Waals surface area contributed by atoms with Crippen molar-refractivity contribution in [3.63, 3.8) is 0 Å². The highest BCUT2D eigenvalue weighted by molar-refractivity contribution is 5.87. The fraction of sp³-hybridized carbons (Fsp3) is 0.529. The molecule has 1 atom stereocenters. The monoisotopic (exact) mass is 303 g/mol. The van der Waals surface area contributed by atoms with Crippen molar-refractivity contribution in [1.82, 2.24) is 15.5 Å². The Kier molecular flexibility index (Phi) is 5.81. The Morgan fingerprint density at radius 3 is 2.32 bits per heavy atom. The summed E-state index contributed by atoms with van der Waals surface area (Å²) in [6.07, 6.45) is 2.60. The summed E-state index contributed by atoms with van der Waals surface area (Å²) < 4.78 is 0. The fourth-order valence-corrected chi connectivity index (χ4v) is 2.67. The summed E-state index contributed by atoms with van der Waals surface area (Å²) in [6, 6.07) is 9.03. The molecule has 0 aliphatic carbocycles. The molecule has 0 aromatic heterocycles. The molecule has 5 nitrogen and oxygen atoms in total. The predicted octanol–water partition coefficient (Wildman–Crippen LogP) is 1.93. The van der Waals surface area contributed by atoms with Gasteiger partial charge >= 0.3 is 6.03 Å². The maximum atomic E-state index is 12.7. The van der Waals surface area contributed by atoms with Gasteiger partial charge in [-0.05, 0) is 32.3 Å². The lowest BCUT2D eigenvalue weighted by Crippen LogP contribution is -2.52. The second kappa shape index (κ2) is 7.82. The molecule has 1 aromatic rings. The summed E-state index contributed by atoms with van der Waals surface area (Å²) in [4.78, 5) is 26.5. The molecule has 5 heteroatoms. The van der Waals surface area contributed by atoms with Gasteiger partial charge in [-0.1, -0.05) is 30.3 Å². The van der Waals surface area contributed by atoms with Crippen LogP contribution >= 0.6 is 0 Å². The number of nitrogens with zero attached hydrogens (tertiary/aromatic N) is 1. The maximum absolute atomic E-state index is 12.7. The van der Waals surface area contributed by atoms with Crippen LogP contribution in [0.3, 0.4) is 0 Å². The van der Waals surface area contributed by atoms with Crippen molar-refractivity contribution < 1.29 is 9.59 Å². The summed E-state index contributed by atoms with van der Waals surface area (Å²) in [6.45, 7) is 5.37. The normalized spacial score (nSPS) is 15.7.